The van der Waals surface area contributed by atoms with Gasteiger partial charge >= 0.3 is 0 Å². The second-order valence-corrected chi connectivity index (χ2v) is 5.29. The number of para-hydroxylation sites is 1. The third-order valence-electron chi connectivity index (χ3n) is 3.61. The van der Waals surface area contributed by atoms with E-state index in [4.69, 9.17) is 9.47 Å². The fraction of sp³-hybridized carbons (Fsp3) is 0.100. The van der Waals surface area contributed by atoms with Crippen LogP contribution >= 0.6 is 0 Å². The van der Waals surface area contributed by atoms with Gasteiger partial charge in [0.05, 0.1) is 7.11 Å². The minimum atomic E-state index is 0.214. The van der Waals surface area contributed by atoms with E-state index in [1.807, 2.05) is 66.7 Å². The van der Waals surface area contributed by atoms with Gasteiger partial charge in [0.1, 0.15) is 23.0 Å². The molecule has 3 aromatic rings. The maximum Gasteiger partial charge on any atom is 0.127 e. The summed E-state index contributed by atoms with van der Waals surface area (Å²) in [5.74, 6) is 2.44. The Morgan fingerprint density at radius 3 is 2.17 bits per heavy atom. The van der Waals surface area contributed by atoms with Crippen LogP contribution in [0.5, 0.6) is 23.0 Å². The van der Waals surface area contributed by atoms with E-state index in [9.17, 15) is 5.11 Å². The highest BCUT2D eigenvalue weighted by molar-refractivity contribution is 5.49. The molecule has 0 aromatic heterocycles. The number of nitrogens with one attached hydrogen (secondary N) is 1. The number of phenols is 1. The number of anilines is 1. The van der Waals surface area contributed by atoms with Crippen LogP contribution in [0.3, 0.4) is 0 Å². The highest BCUT2D eigenvalue weighted by Crippen LogP contribution is 2.25. The zero-order valence-corrected chi connectivity index (χ0v) is 13.4. The highest BCUT2D eigenvalue weighted by atomic mass is 16.5. The predicted molar refractivity (Wildman–Crippen MR) is 94.9 cm³/mol. The van der Waals surface area contributed by atoms with Gasteiger partial charge in [-0.1, -0.05) is 18.2 Å². The van der Waals surface area contributed by atoms with Crippen molar-refractivity contribution in [2.45, 2.75) is 6.54 Å². The van der Waals surface area contributed by atoms with Crippen LogP contribution in [0.2, 0.25) is 0 Å². The third kappa shape index (κ3) is 3.98. The zero-order valence-electron chi connectivity index (χ0n) is 13.4. The lowest BCUT2D eigenvalue weighted by Gasteiger charge is -2.10. The highest BCUT2D eigenvalue weighted by Gasteiger charge is 2.03. The number of hydrogen-bond acceptors (Lipinski definition) is 4. The maximum absolute atomic E-state index is 9.97. The fourth-order valence-corrected chi connectivity index (χ4v) is 2.28. The number of ether oxygens (including phenoxy) is 2. The number of rotatable bonds is 6. The Kier molecular flexibility index (Phi) is 4.87. The van der Waals surface area contributed by atoms with Crippen molar-refractivity contribution in [2.24, 2.45) is 0 Å². The lowest BCUT2D eigenvalue weighted by molar-refractivity contribution is 0.406. The summed E-state index contributed by atoms with van der Waals surface area (Å²) in [6, 6.07) is 22.6. The lowest BCUT2D eigenvalue weighted by Crippen LogP contribution is -1.99. The fourth-order valence-electron chi connectivity index (χ4n) is 2.28. The monoisotopic (exact) mass is 321 g/mol. The number of benzene rings is 3. The van der Waals surface area contributed by atoms with Crippen molar-refractivity contribution in [1.29, 1.82) is 0 Å². The normalized spacial score (nSPS) is 10.2. The van der Waals surface area contributed by atoms with Crippen molar-refractivity contribution < 1.29 is 14.6 Å². The maximum atomic E-state index is 9.97. The summed E-state index contributed by atoms with van der Waals surface area (Å²) in [6.07, 6.45) is 0. The molecule has 0 heterocycles. The van der Waals surface area contributed by atoms with E-state index in [1.54, 1.807) is 13.2 Å². The molecule has 0 amide bonds. The van der Waals surface area contributed by atoms with E-state index in [0.717, 1.165) is 22.7 Å². The van der Waals surface area contributed by atoms with Crippen LogP contribution in [-0.2, 0) is 6.54 Å². The molecule has 0 radical (unpaired) electrons. The summed E-state index contributed by atoms with van der Waals surface area (Å²) in [6.45, 7) is 0.523. The number of methoxy groups -OCH3 is 1. The van der Waals surface area contributed by atoms with Crippen LogP contribution in [0.15, 0.2) is 72.8 Å². The van der Waals surface area contributed by atoms with Crippen molar-refractivity contribution >= 4 is 5.69 Å². The molecule has 4 heteroatoms. The summed E-state index contributed by atoms with van der Waals surface area (Å²) >= 11 is 0. The molecule has 0 fully saturated rings. The third-order valence-corrected chi connectivity index (χ3v) is 3.61. The molecule has 122 valence electrons. The van der Waals surface area contributed by atoms with Crippen molar-refractivity contribution in [3.05, 3.63) is 78.4 Å². The van der Waals surface area contributed by atoms with Crippen LogP contribution in [0.25, 0.3) is 0 Å². The van der Waals surface area contributed by atoms with Gasteiger partial charge in [-0.25, -0.2) is 0 Å². The van der Waals surface area contributed by atoms with E-state index in [2.05, 4.69) is 5.32 Å². The average Bonchev–Trinajstić information content (AvgIpc) is 2.63. The molecular weight excluding hydrogens is 302 g/mol. The zero-order chi connectivity index (χ0) is 16.8. The smallest absolute Gasteiger partial charge is 0.127 e. The van der Waals surface area contributed by atoms with Gasteiger partial charge < -0.3 is 19.9 Å². The Labute approximate surface area is 141 Å². The van der Waals surface area contributed by atoms with E-state index in [1.165, 1.54) is 0 Å². The Bertz CT molecular complexity index is 786. The number of hydrogen-bond donors (Lipinski definition) is 2. The quantitative estimate of drug-likeness (QED) is 0.684. The molecule has 0 atom stereocenters. The predicted octanol–water partition coefficient (Wildman–Crippen LogP) is 4.81. The summed E-state index contributed by atoms with van der Waals surface area (Å²) in [5.41, 5.74) is 1.76. The van der Waals surface area contributed by atoms with Gasteiger partial charge in [0.2, 0.25) is 0 Å². The molecule has 0 aliphatic rings. The molecule has 4 nitrogen and oxygen atoms in total. The van der Waals surface area contributed by atoms with Crippen LogP contribution in [-0.4, -0.2) is 12.2 Å². The first-order valence-corrected chi connectivity index (χ1v) is 7.67. The largest absolute Gasteiger partial charge is 0.507 e. The van der Waals surface area contributed by atoms with E-state index >= 15 is 0 Å². The Balaban J connectivity index is 1.60. The first-order valence-electron chi connectivity index (χ1n) is 7.67. The van der Waals surface area contributed by atoms with Crippen LogP contribution in [0, 0.1) is 0 Å². The van der Waals surface area contributed by atoms with Gasteiger partial charge in [-0.2, -0.15) is 0 Å². The molecule has 3 aromatic carbocycles. The molecule has 0 saturated carbocycles. The van der Waals surface area contributed by atoms with Crippen LogP contribution in [0.1, 0.15) is 5.56 Å². The average molecular weight is 321 g/mol. The van der Waals surface area contributed by atoms with Gasteiger partial charge in [-0.3, -0.25) is 0 Å². The first-order chi connectivity index (χ1) is 11.7. The van der Waals surface area contributed by atoms with Crippen molar-refractivity contribution in [2.75, 3.05) is 12.4 Å². The molecule has 3 rings (SSSR count). The molecule has 0 spiro atoms. The topological polar surface area (TPSA) is 50.7 Å². The van der Waals surface area contributed by atoms with Crippen molar-refractivity contribution in [1.82, 2.24) is 0 Å². The summed E-state index contributed by atoms with van der Waals surface area (Å²) in [4.78, 5) is 0. The SMILES string of the molecule is COc1ccc(CNc2ccc(Oc3ccccc3)cc2)c(O)c1. The van der Waals surface area contributed by atoms with Gasteiger partial charge in [0, 0.05) is 23.9 Å². The Hall–Kier alpha value is -3.14. The van der Waals surface area contributed by atoms with Gasteiger partial charge in [-0.05, 0) is 48.5 Å². The molecule has 0 unspecified atom stereocenters. The molecule has 2 N–H and O–H groups in total. The molecule has 0 aliphatic heterocycles. The summed E-state index contributed by atoms with van der Waals surface area (Å²) < 4.78 is 10.8. The standard InChI is InChI=1S/C20H19NO3/c1-23-19-10-7-15(20(22)13-19)14-21-16-8-11-18(12-9-16)24-17-5-3-2-4-6-17/h2-13,21-22H,14H2,1H3. The van der Waals surface area contributed by atoms with Crippen molar-refractivity contribution in [3.63, 3.8) is 0 Å². The van der Waals surface area contributed by atoms with E-state index < -0.39 is 0 Å². The minimum Gasteiger partial charge on any atom is -0.507 e. The minimum absolute atomic E-state index is 0.214. The number of phenolic OH excluding ortho intramolecular Hbond substituents is 1. The van der Waals surface area contributed by atoms with Crippen LogP contribution < -0.4 is 14.8 Å². The second kappa shape index (κ2) is 7.42. The van der Waals surface area contributed by atoms with Gasteiger partial charge in [0.25, 0.3) is 0 Å². The second-order valence-electron chi connectivity index (χ2n) is 5.29. The lowest BCUT2D eigenvalue weighted by atomic mass is 10.2. The molecule has 0 bridgehead atoms. The van der Waals surface area contributed by atoms with E-state index in [0.29, 0.717) is 12.3 Å². The Morgan fingerprint density at radius 2 is 1.50 bits per heavy atom. The summed E-state index contributed by atoms with van der Waals surface area (Å²) in [5, 5.41) is 13.2. The van der Waals surface area contributed by atoms with Gasteiger partial charge in [0.15, 0.2) is 0 Å². The van der Waals surface area contributed by atoms with E-state index in [-0.39, 0.29) is 5.75 Å². The molecule has 24 heavy (non-hydrogen) atoms. The summed E-state index contributed by atoms with van der Waals surface area (Å²) in [7, 11) is 1.58. The first kappa shape index (κ1) is 15.7. The molecular formula is C20H19NO3. The molecule has 0 aliphatic carbocycles. The van der Waals surface area contributed by atoms with Crippen LogP contribution in [0.4, 0.5) is 5.69 Å². The van der Waals surface area contributed by atoms with Gasteiger partial charge in [-0.15, -0.1) is 0 Å². The Morgan fingerprint density at radius 1 is 0.833 bits per heavy atom. The number of aromatic hydroxyl groups is 1. The van der Waals surface area contributed by atoms with Crippen molar-refractivity contribution in [3.8, 4) is 23.0 Å². The molecule has 0 saturated heterocycles.